The van der Waals surface area contributed by atoms with Crippen molar-refractivity contribution in [1.29, 1.82) is 0 Å². The first kappa shape index (κ1) is 16.2. The fourth-order valence-corrected chi connectivity index (χ4v) is 2.58. The minimum atomic E-state index is 0.407. The summed E-state index contributed by atoms with van der Waals surface area (Å²) in [6.45, 7) is 2.52. The van der Waals surface area contributed by atoms with Crippen molar-refractivity contribution in [2.24, 2.45) is 7.05 Å². The normalized spacial score (nSPS) is 12.5. The molecular weight excluding hydrogens is 330 g/mol. The quantitative estimate of drug-likeness (QED) is 0.743. The van der Waals surface area contributed by atoms with E-state index in [1.54, 1.807) is 7.11 Å². The topological polar surface area (TPSA) is 39.1 Å². The number of hydrogen-bond acceptors (Lipinski definition) is 3. The van der Waals surface area contributed by atoms with Gasteiger partial charge in [-0.15, -0.1) is 0 Å². The Hall–Kier alpha value is -1.17. The second-order valence-electron chi connectivity index (χ2n) is 5.13. The van der Waals surface area contributed by atoms with E-state index in [1.165, 1.54) is 5.56 Å². The molecule has 2 aromatic rings. The first-order valence-corrected chi connectivity index (χ1v) is 7.92. The van der Waals surface area contributed by atoms with Gasteiger partial charge in [0.25, 0.3) is 0 Å². The summed E-state index contributed by atoms with van der Waals surface area (Å²) in [7, 11) is 3.68. The minimum absolute atomic E-state index is 0.407. The summed E-state index contributed by atoms with van der Waals surface area (Å²) in [5.41, 5.74) is 2.45. The molecule has 0 amide bonds. The Balaban J connectivity index is 2.04. The number of hydrogen-bond donors (Lipinski definition) is 1. The van der Waals surface area contributed by atoms with E-state index in [4.69, 9.17) is 4.74 Å². The molecule has 2 rings (SSSR count). The number of nitrogens with zero attached hydrogens (tertiary/aromatic N) is 2. The zero-order valence-electron chi connectivity index (χ0n) is 12.6. The van der Waals surface area contributed by atoms with Crippen LogP contribution >= 0.6 is 15.9 Å². The molecule has 0 radical (unpaired) electrons. The summed E-state index contributed by atoms with van der Waals surface area (Å²) < 4.78 is 8.04. The van der Waals surface area contributed by atoms with Crippen molar-refractivity contribution in [2.75, 3.05) is 26.8 Å². The number of rotatable bonds is 8. The number of aromatic nitrogens is 2. The standard InChI is InChI=1S/C16H22BrN3O/c1-20-9-7-16(19-20)11-14(12-18-8-10-21-2)13-3-5-15(17)6-4-13/h3-7,9,14,18H,8,10-12H2,1-2H3. The summed E-state index contributed by atoms with van der Waals surface area (Å²) in [4.78, 5) is 0. The zero-order chi connectivity index (χ0) is 15.1. The van der Waals surface area contributed by atoms with Crippen LogP contribution in [0.15, 0.2) is 41.0 Å². The first-order valence-electron chi connectivity index (χ1n) is 7.12. The average molecular weight is 352 g/mol. The van der Waals surface area contributed by atoms with Crippen molar-refractivity contribution in [2.45, 2.75) is 12.3 Å². The summed E-state index contributed by atoms with van der Waals surface area (Å²) in [6, 6.07) is 10.6. The summed E-state index contributed by atoms with van der Waals surface area (Å²) in [6.07, 6.45) is 2.93. The van der Waals surface area contributed by atoms with Crippen molar-refractivity contribution >= 4 is 15.9 Å². The van der Waals surface area contributed by atoms with Crippen LogP contribution in [0.1, 0.15) is 17.2 Å². The Morgan fingerprint density at radius 3 is 2.67 bits per heavy atom. The Morgan fingerprint density at radius 2 is 2.05 bits per heavy atom. The summed E-state index contributed by atoms with van der Waals surface area (Å²) >= 11 is 3.49. The molecule has 114 valence electrons. The van der Waals surface area contributed by atoms with E-state index in [-0.39, 0.29) is 0 Å². The molecular formula is C16H22BrN3O. The second-order valence-corrected chi connectivity index (χ2v) is 6.05. The van der Waals surface area contributed by atoms with Crippen molar-refractivity contribution in [3.8, 4) is 0 Å². The van der Waals surface area contributed by atoms with Crippen LogP contribution in [-0.2, 0) is 18.2 Å². The lowest BCUT2D eigenvalue weighted by molar-refractivity contribution is 0.199. The van der Waals surface area contributed by atoms with Crippen LogP contribution in [0, 0.1) is 0 Å². The van der Waals surface area contributed by atoms with E-state index in [2.05, 4.69) is 56.7 Å². The van der Waals surface area contributed by atoms with Crippen LogP contribution in [0.3, 0.4) is 0 Å². The largest absolute Gasteiger partial charge is 0.383 e. The summed E-state index contributed by atoms with van der Waals surface area (Å²) in [5.74, 6) is 0.407. The highest BCUT2D eigenvalue weighted by Gasteiger charge is 2.13. The van der Waals surface area contributed by atoms with Gasteiger partial charge >= 0.3 is 0 Å². The van der Waals surface area contributed by atoms with Gasteiger partial charge in [0.05, 0.1) is 12.3 Å². The molecule has 1 aromatic heterocycles. The fraction of sp³-hybridized carbons (Fsp3) is 0.438. The van der Waals surface area contributed by atoms with Crippen molar-refractivity contribution in [1.82, 2.24) is 15.1 Å². The van der Waals surface area contributed by atoms with E-state index >= 15 is 0 Å². The average Bonchev–Trinajstić information content (AvgIpc) is 2.88. The third kappa shape index (κ3) is 5.26. The first-order chi connectivity index (χ1) is 10.2. The van der Waals surface area contributed by atoms with Crippen LogP contribution in [-0.4, -0.2) is 36.6 Å². The predicted octanol–water partition coefficient (Wildman–Crippen LogP) is 2.74. The molecule has 1 N–H and O–H groups in total. The molecule has 0 saturated heterocycles. The highest BCUT2D eigenvalue weighted by molar-refractivity contribution is 9.10. The molecule has 1 aromatic carbocycles. The van der Waals surface area contributed by atoms with Gasteiger partial charge in [0.1, 0.15) is 0 Å². The van der Waals surface area contributed by atoms with E-state index in [9.17, 15) is 0 Å². The number of methoxy groups -OCH3 is 1. The van der Waals surface area contributed by atoms with Crippen LogP contribution in [0.5, 0.6) is 0 Å². The van der Waals surface area contributed by atoms with Crippen molar-refractivity contribution in [3.05, 3.63) is 52.3 Å². The Morgan fingerprint density at radius 1 is 1.29 bits per heavy atom. The molecule has 1 unspecified atom stereocenters. The second kappa shape index (κ2) is 8.32. The van der Waals surface area contributed by atoms with Gasteiger partial charge in [0.2, 0.25) is 0 Å². The van der Waals surface area contributed by atoms with Crippen molar-refractivity contribution < 1.29 is 4.74 Å². The Kier molecular flexibility index (Phi) is 6.42. The molecule has 0 saturated carbocycles. The maximum Gasteiger partial charge on any atom is 0.0631 e. The van der Waals surface area contributed by atoms with Gasteiger partial charge in [-0.3, -0.25) is 4.68 Å². The maximum absolute atomic E-state index is 5.08. The number of nitrogens with one attached hydrogen (secondary N) is 1. The molecule has 0 aliphatic carbocycles. The molecule has 0 spiro atoms. The smallest absolute Gasteiger partial charge is 0.0631 e. The lowest BCUT2D eigenvalue weighted by Gasteiger charge is -2.17. The van der Waals surface area contributed by atoms with Crippen LogP contribution in [0.25, 0.3) is 0 Å². The van der Waals surface area contributed by atoms with Gasteiger partial charge in [-0.1, -0.05) is 28.1 Å². The molecule has 0 aliphatic rings. The van der Waals surface area contributed by atoms with E-state index in [0.717, 1.165) is 36.3 Å². The fourth-order valence-electron chi connectivity index (χ4n) is 2.32. The summed E-state index contributed by atoms with van der Waals surface area (Å²) in [5, 5.41) is 7.95. The molecule has 4 nitrogen and oxygen atoms in total. The molecule has 0 aliphatic heterocycles. The van der Waals surface area contributed by atoms with Crippen molar-refractivity contribution in [3.63, 3.8) is 0 Å². The van der Waals surface area contributed by atoms with Crippen LogP contribution < -0.4 is 5.32 Å². The molecule has 1 atom stereocenters. The third-order valence-corrected chi connectivity index (χ3v) is 3.97. The van der Waals surface area contributed by atoms with E-state index in [1.807, 2.05) is 17.9 Å². The number of aryl methyl sites for hydroxylation is 1. The monoisotopic (exact) mass is 351 g/mol. The lowest BCUT2D eigenvalue weighted by atomic mass is 9.94. The van der Waals surface area contributed by atoms with Gasteiger partial charge in [-0.05, 0) is 30.2 Å². The van der Waals surface area contributed by atoms with Crippen LogP contribution in [0.2, 0.25) is 0 Å². The molecule has 21 heavy (non-hydrogen) atoms. The number of benzene rings is 1. The van der Waals surface area contributed by atoms with Gasteiger partial charge in [-0.2, -0.15) is 5.10 Å². The van der Waals surface area contributed by atoms with Gasteiger partial charge in [-0.25, -0.2) is 0 Å². The van der Waals surface area contributed by atoms with Gasteiger partial charge < -0.3 is 10.1 Å². The highest BCUT2D eigenvalue weighted by atomic mass is 79.9. The number of ether oxygens (including phenoxy) is 1. The third-order valence-electron chi connectivity index (χ3n) is 3.44. The predicted molar refractivity (Wildman–Crippen MR) is 88.5 cm³/mol. The molecule has 5 heteroatoms. The van der Waals surface area contributed by atoms with E-state index < -0.39 is 0 Å². The van der Waals surface area contributed by atoms with Crippen LogP contribution in [0.4, 0.5) is 0 Å². The lowest BCUT2D eigenvalue weighted by Crippen LogP contribution is -2.26. The SMILES string of the molecule is COCCNCC(Cc1ccn(C)n1)c1ccc(Br)cc1. The highest BCUT2D eigenvalue weighted by Crippen LogP contribution is 2.21. The molecule has 0 bridgehead atoms. The maximum atomic E-state index is 5.08. The zero-order valence-corrected chi connectivity index (χ0v) is 14.1. The van der Waals surface area contributed by atoms with Gasteiger partial charge in [0.15, 0.2) is 0 Å². The molecule has 1 heterocycles. The molecule has 0 fully saturated rings. The van der Waals surface area contributed by atoms with Gasteiger partial charge in [0, 0.05) is 43.8 Å². The Bertz CT molecular complexity index is 539. The van der Waals surface area contributed by atoms with E-state index in [0.29, 0.717) is 5.92 Å². The number of halogens is 1. The Labute approximate surface area is 134 Å². The minimum Gasteiger partial charge on any atom is -0.383 e.